The molecule has 1 amide bonds. The normalized spacial score (nSPS) is 12.4. The van der Waals surface area contributed by atoms with E-state index in [1.807, 2.05) is 6.92 Å². The lowest BCUT2D eigenvalue weighted by Crippen LogP contribution is -2.31. The molecule has 7 nitrogen and oxygen atoms in total. The lowest BCUT2D eigenvalue weighted by molar-refractivity contribution is -0.120. The van der Waals surface area contributed by atoms with Gasteiger partial charge >= 0.3 is 5.69 Å². The zero-order chi connectivity index (χ0) is 14.3. The number of rotatable bonds is 8. The average Bonchev–Trinajstić information content (AvgIpc) is 2.72. The Hall–Kier alpha value is -1.28. The van der Waals surface area contributed by atoms with Crippen molar-refractivity contribution < 1.29 is 9.53 Å². The van der Waals surface area contributed by atoms with Gasteiger partial charge in [0, 0.05) is 26.8 Å². The molecule has 1 atom stereocenters. The van der Waals surface area contributed by atoms with Gasteiger partial charge in [0.2, 0.25) is 5.91 Å². The van der Waals surface area contributed by atoms with Crippen molar-refractivity contribution in [3.8, 4) is 0 Å². The van der Waals surface area contributed by atoms with Crippen LogP contribution in [0, 0.1) is 0 Å². The predicted molar refractivity (Wildman–Crippen MR) is 73.3 cm³/mol. The molecule has 1 rings (SSSR count). The second kappa shape index (κ2) is 8.00. The quantitative estimate of drug-likeness (QED) is 0.528. The number of aromatic nitrogens is 3. The minimum Gasteiger partial charge on any atom is -0.385 e. The Morgan fingerprint density at radius 2 is 2.37 bits per heavy atom. The van der Waals surface area contributed by atoms with Crippen LogP contribution >= 0.6 is 11.8 Å². The molecule has 0 unspecified atom stereocenters. The Bertz CT molecular complexity index is 457. The number of nitrogens with zero attached hydrogens (tertiary/aromatic N) is 2. The number of amides is 1. The molecule has 0 aliphatic carbocycles. The lowest BCUT2D eigenvalue weighted by atomic mass is 10.4. The second-order valence-corrected chi connectivity index (χ2v) is 5.27. The van der Waals surface area contributed by atoms with Gasteiger partial charge in [-0.3, -0.25) is 9.36 Å². The number of carbonyl (C=O) groups excluding carboxylic acids is 1. The fraction of sp³-hybridized carbons (Fsp3) is 0.727. The van der Waals surface area contributed by atoms with E-state index >= 15 is 0 Å². The van der Waals surface area contributed by atoms with E-state index in [2.05, 4.69) is 15.5 Å². The highest BCUT2D eigenvalue weighted by molar-refractivity contribution is 8.00. The predicted octanol–water partition coefficient (Wildman–Crippen LogP) is 0.225. The Morgan fingerprint density at radius 3 is 3.00 bits per heavy atom. The highest BCUT2D eigenvalue weighted by Crippen LogP contribution is 2.19. The van der Waals surface area contributed by atoms with Crippen LogP contribution in [0.25, 0.3) is 0 Å². The topological polar surface area (TPSA) is 89.0 Å². The van der Waals surface area contributed by atoms with Crippen molar-refractivity contribution in [2.24, 2.45) is 0 Å². The monoisotopic (exact) mass is 288 g/mol. The summed E-state index contributed by atoms with van der Waals surface area (Å²) >= 11 is 1.26. The summed E-state index contributed by atoms with van der Waals surface area (Å²) in [6, 6.07) is 0. The molecular weight excluding hydrogens is 268 g/mol. The lowest BCUT2D eigenvalue weighted by Gasteiger charge is -2.10. The Balaban J connectivity index is 2.67. The van der Waals surface area contributed by atoms with E-state index in [0.29, 0.717) is 24.9 Å². The third-order valence-electron chi connectivity index (χ3n) is 2.46. The Labute approximate surface area is 116 Å². The first-order valence-corrected chi connectivity index (χ1v) is 7.06. The summed E-state index contributed by atoms with van der Waals surface area (Å²) in [4.78, 5) is 23.3. The molecule has 0 aromatic carbocycles. The summed E-state index contributed by atoms with van der Waals surface area (Å²) in [7, 11) is 1.62. The largest absolute Gasteiger partial charge is 0.385 e. The van der Waals surface area contributed by atoms with Gasteiger partial charge in [0.15, 0.2) is 5.16 Å². The van der Waals surface area contributed by atoms with Gasteiger partial charge in [0.1, 0.15) is 0 Å². The molecular formula is C11H20N4O3S. The molecule has 0 radical (unpaired) electrons. The van der Waals surface area contributed by atoms with Crippen LogP contribution in [0.15, 0.2) is 9.95 Å². The van der Waals surface area contributed by atoms with Gasteiger partial charge < -0.3 is 10.1 Å². The smallest absolute Gasteiger partial charge is 0.343 e. The summed E-state index contributed by atoms with van der Waals surface area (Å²) in [6.07, 6.45) is 0.721. The molecule has 2 N–H and O–H groups in total. The van der Waals surface area contributed by atoms with E-state index in [-0.39, 0.29) is 16.8 Å². The van der Waals surface area contributed by atoms with Gasteiger partial charge in [-0.15, -0.1) is 5.10 Å². The Morgan fingerprint density at radius 1 is 1.63 bits per heavy atom. The molecule has 0 bridgehead atoms. The summed E-state index contributed by atoms with van der Waals surface area (Å²) in [5.41, 5.74) is -0.262. The third kappa shape index (κ3) is 4.71. The number of hydrogen-bond acceptors (Lipinski definition) is 5. The van der Waals surface area contributed by atoms with Gasteiger partial charge in [-0.25, -0.2) is 9.89 Å². The number of ether oxygens (including phenoxy) is 1. The van der Waals surface area contributed by atoms with E-state index in [4.69, 9.17) is 4.74 Å². The molecule has 1 aromatic rings. The Kier molecular flexibility index (Phi) is 6.65. The first-order valence-electron chi connectivity index (χ1n) is 6.18. The van der Waals surface area contributed by atoms with Crippen LogP contribution in [-0.4, -0.2) is 46.2 Å². The summed E-state index contributed by atoms with van der Waals surface area (Å²) in [5.74, 6) is -0.0635. The first kappa shape index (κ1) is 15.8. The van der Waals surface area contributed by atoms with E-state index in [1.165, 1.54) is 16.3 Å². The van der Waals surface area contributed by atoms with Crippen molar-refractivity contribution in [2.45, 2.75) is 37.2 Å². The van der Waals surface area contributed by atoms with E-state index in [0.717, 1.165) is 6.42 Å². The number of carbonyl (C=O) groups is 1. The van der Waals surface area contributed by atoms with Crippen LogP contribution in [0.3, 0.4) is 0 Å². The second-order valence-electron chi connectivity index (χ2n) is 3.96. The molecule has 0 aliphatic rings. The SMILES string of the molecule is CCNC(=O)[C@H](C)Sc1n[nH]c(=O)n1CCCOC. The van der Waals surface area contributed by atoms with Crippen molar-refractivity contribution in [2.75, 3.05) is 20.3 Å². The van der Waals surface area contributed by atoms with Crippen LogP contribution in [0.5, 0.6) is 0 Å². The maximum Gasteiger partial charge on any atom is 0.343 e. The fourth-order valence-corrected chi connectivity index (χ4v) is 2.39. The van der Waals surface area contributed by atoms with Gasteiger partial charge in [-0.05, 0) is 20.3 Å². The van der Waals surface area contributed by atoms with Crippen molar-refractivity contribution in [3.05, 3.63) is 10.5 Å². The number of methoxy groups -OCH3 is 1. The van der Waals surface area contributed by atoms with E-state index < -0.39 is 0 Å². The molecule has 0 saturated heterocycles. The van der Waals surface area contributed by atoms with Crippen LogP contribution in [0.4, 0.5) is 0 Å². The molecule has 1 heterocycles. The molecule has 1 aromatic heterocycles. The first-order chi connectivity index (χ1) is 9.10. The zero-order valence-electron chi connectivity index (χ0n) is 11.4. The molecule has 0 spiro atoms. The molecule has 0 aliphatic heterocycles. The average molecular weight is 288 g/mol. The number of nitrogens with one attached hydrogen (secondary N) is 2. The van der Waals surface area contributed by atoms with E-state index in [9.17, 15) is 9.59 Å². The summed E-state index contributed by atoms with van der Waals surface area (Å²) in [5, 5.41) is 9.32. The standard InChI is InChI=1S/C11H20N4O3S/c1-4-12-9(16)8(2)19-11-14-13-10(17)15(11)6-5-7-18-3/h8H,4-7H2,1-3H3,(H,12,16)(H,13,17)/t8-/m0/s1. The van der Waals surface area contributed by atoms with E-state index in [1.54, 1.807) is 14.0 Å². The third-order valence-corrected chi connectivity index (χ3v) is 3.55. The molecule has 8 heteroatoms. The zero-order valence-corrected chi connectivity index (χ0v) is 12.2. The van der Waals surface area contributed by atoms with Crippen LogP contribution < -0.4 is 11.0 Å². The molecule has 0 saturated carbocycles. The van der Waals surface area contributed by atoms with Gasteiger partial charge in [0.05, 0.1) is 5.25 Å². The molecule has 0 fully saturated rings. The number of hydrogen-bond donors (Lipinski definition) is 2. The highest BCUT2D eigenvalue weighted by Gasteiger charge is 2.18. The van der Waals surface area contributed by atoms with Crippen molar-refractivity contribution >= 4 is 17.7 Å². The van der Waals surface area contributed by atoms with Gasteiger partial charge in [-0.1, -0.05) is 11.8 Å². The summed E-state index contributed by atoms with van der Waals surface area (Å²) in [6.45, 7) is 5.34. The minimum atomic E-state index is -0.295. The van der Waals surface area contributed by atoms with Crippen molar-refractivity contribution in [1.29, 1.82) is 0 Å². The highest BCUT2D eigenvalue weighted by atomic mass is 32.2. The van der Waals surface area contributed by atoms with Gasteiger partial charge in [0.25, 0.3) is 0 Å². The fourth-order valence-electron chi connectivity index (χ4n) is 1.49. The maximum atomic E-state index is 11.6. The van der Waals surface area contributed by atoms with Crippen LogP contribution in [0.2, 0.25) is 0 Å². The minimum absolute atomic E-state index is 0.0635. The number of aromatic amines is 1. The molecule has 19 heavy (non-hydrogen) atoms. The summed E-state index contributed by atoms with van der Waals surface area (Å²) < 4.78 is 6.48. The van der Waals surface area contributed by atoms with Crippen LogP contribution in [0.1, 0.15) is 20.3 Å². The van der Waals surface area contributed by atoms with Crippen LogP contribution in [-0.2, 0) is 16.1 Å². The van der Waals surface area contributed by atoms with Crippen molar-refractivity contribution in [3.63, 3.8) is 0 Å². The molecule has 108 valence electrons. The maximum absolute atomic E-state index is 11.6. The number of H-pyrrole nitrogens is 1. The van der Waals surface area contributed by atoms with Crippen molar-refractivity contribution in [1.82, 2.24) is 20.1 Å². The van der Waals surface area contributed by atoms with Gasteiger partial charge in [-0.2, -0.15) is 0 Å². The number of thioether (sulfide) groups is 1.